The number of halogens is 1. The highest BCUT2D eigenvalue weighted by Crippen LogP contribution is 2.27. The monoisotopic (exact) mass is 479 g/mol. The lowest BCUT2D eigenvalue weighted by Crippen LogP contribution is -2.43. The van der Waals surface area contributed by atoms with E-state index in [0.717, 1.165) is 0 Å². The van der Waals surface area contributed by atoms with Gasteiger partial charge in [0, 0.05) is 25.2 Å². The molecule has 2 amide bonds. The van der Waals surface area contributed by atoms with Gasteiger partial charge < -0.3 is 21.1 Å². The van der Waals surface area contributed by atoms with E-state index in [0.29, 0.717) is 47.5 Å². The minimum atomic E-state index is -1.65. The molecule has 1 fully saturated rings. The second-order valence-corrected chi connectivity index (χ2v) is 9.04. The fourth-order valence-corrected chi connectivity index (χ4v) is 3.75. The Morgan fingerprint density at radius 3 is 2.89 bits per heavy atom. The maximum absolute atomic E-state index is 14.2. The lowest BCUT2D eigenvalue weighted by atomic mass is 10.0. The number of carbonyl (C=O) groups is 2. The van der Waals surface area contributed by atoms with Crippen molar-refractivity contribution in [2.75, 3.05) is 18.4 Å². The van der Waals surface area contributed by atoms with E-state index in [1.54, 1.807) is 16.6 Å². The van der Waals surface area contributed by atoms with Crippen LogP contribution >= 0.6 is 0 Å². The van der Waals surface area contributed by atoms with Crippen LogP contribution in [0, 0.1) is 11.3 Å². The van der Waals surface area contributed by atoms with Crippen LogP contribution in [0.25, 0.3) is 16.9 Å². The molecule has 4 heterocycles. The number of hydrogen-bond acceptors (Lipinski definition) is 7. The van der Waals surface area contributed by atoms with Gasteiger partial charge in [-0.05, 0) is 44.5 Å². The first-order valence-corrected chi connectivity index (χ1v) is 11.2. The molecule has 1 saturated heterocycles. The minimum absolute atomic E-state index is 0.0282. The number of nitrogens with one attached hydrogen (secondary N) is 3. The third-order valence-corrected chi connectivity index (χ3v) is 5.87. The molecule has 4 rings (SSSR count). The molecule has 0 bridgehead atoms. The first kappa shape index (κ1) is 24.1. The molecule has 0 radical (unpaired) electrons. The summed E-state index contributed by atoms with van der Waals surface area (Å²) in [6, 6.07) is 8.98. The number of fused-ring (bicyclic) bond motifs is 1. The fourth-order valence-electron chi connectivity index (χ4n) is 3.75. The van der Waals surface area contributed by atoms with Gasteiger partial charge in [-0.1, -0.05) is 0 Å². The second kappa shape index (κ2) is 9.68. The number of nitriles is 1. The van der Waals surface area contributed by atoms with Crippen LogP contribution in [0.4, 0.5) is 10.1 Å². The summed E-state index contributed by atoms with van der Waals surface area (Å²) in [4.78, 5) is 28.9. The van der Waals surface area contributed by atoms with E-state index in [1.807, 2.05) is 12.1 Å². The van der Waals surface area contributed by atoms with E-state index in [4.69, 9.17) is 5.26 Å². The Balaban J connectivity index is 1.65. The number of anilines is 1. The Kier molecular flexibility index (Phi) is 6.66. The molecule has 0 aromatic carbocycles. The number of alkyl halides is 1. The zero-order valence-electron chi connectivity index (χ0n) is 19.4. The van der Waals surface area contributed by atoms with Crippen LogP contribution in [-0.2, 0) is 4.79 Å². The van der Waals surface area contributed by atoms with Crippen LogP contribution < -0.4 is 16.0 Å². The van der Waals surface area contributed by atoms with Crippen LogP contribution in [0.5, 0.6) is 0 Å². The first-order valence-electron chi connectivity index (χ1n) is 11.2. The van der Waals surface area contributed by atoms with Gasteiger partial charge in [0.05, 0.1) is 52.1 Å². The van der Waals surface area contributed by atoms with Crippen molar-refractivity contribution in [1.29, 1.82) is 5.26 Å². The molecule has 2 atom stereocenters. The molecule has 3 aromatic heterocycles. The number of nitrogens with zero attached hydrogens (tertiary/aromatic N) is 4. The lowest BCUT2D eigenvalue weighted by molar-refractivity contribution is -0.122. The lowest BCUT2D eigenvalue weighted by Gasteiger charge is -2.26. The summed E-state index contributed by atoms with van der Waals surface area (Å²) in [6.45, 7) is 2.70. The third-order valence-electron chi connectivity index (χ3n) is 5.87. The van der Waals surface area contributed by atoms with Gasteiger partial charge in [-0.2, -0.15) is 10.4 Å². The average molecular weight is 480 g/mol. The average Bonchev–Trinajstić information content (AvgIpc) is 3.26. The van der Waals surface area contributed by atoms with Crippen molar-refractivity contribution in [2.24, 2.45) is 0 Å². The molecule has 0 saturated carbocycles. The number of piperidine rings is 1. The molecular formula is C24H26FN7O3. The molecule has 1 aliphatic heterocycles. The molecule has 0 spiro atoms. The summed E-state index contributed by atoms with van der Waals surface area (Å²) >= 11 is 0. The minimum Gasteiger partial charge on any atom is -0.387 e. The molecule has 182 valence electrons. The molecule has 4 N–H and O–H groups in total. The van der Waals surface area contributed by atoms with Crippen molar-refractivity contribution in [3.05, 3.63) is 47.8 Å². The smallest absolute Gasteiger partial charge is 0.255 e. The highest BCUT2D eigenvalue weighted by molar-refractivity contribution is 6.00. The molecule has 3 aromatic rings. The molecule has 0 aliphatic carbocycles. The van der Waals surface area contributed by atoms with Crippen LogP contribution in [0.1, 0.15) is 42.6 Å². The van der Waals surface area contributed by atoms with Gasteiger partial charge in [0.2, 0.25) is 5.91 Å². The van der Waals surface area contributed by atoms with Crippen molar-refractivity contribution in [3.8, 4) is 17.5 Å². The highest BCUT2D eigenvalue weighted by Gasteiger charge is 2.28. The van der Waals surface area contributed by atoms with Gasteiger partial charge >= 0.3 is 0 Å². The summed E-state index contributed by atoms with van der Waals surface area (Å²) in [7, 11) is 0. The van der Waals surface area contributed by atoms with E-state index >= 15 is 0 Å². The van der Waals surface area contributed by atoms with E-state index in [1.165, 1.54) is 26.2 Å². The van der Waals surface area contributed by atoms with Crippen LogP contribution in [-0.4, -0.2) is 62.4 Å². The predicted molar refractivity (Wildman–Crippen MR) is 126 cm³/mol. The summed E-state index contributed by atoms with van der Waals surface area (Å²) in [5.41, 5.74) is 1.41. The van der Waals surface area contributed by atoms with Gasteiger partial charge in [-0.25, -0.2) is 8.91 Å². The van der Waals surface area contributed by atoms with Gasteiger partial charge in [-0.15, -0.1) is 0 Å². The van der Waals surface area contributed by atoms with Gasteiger partial charge in [0.15, 0.2) is 0 Å². The zero-order valence-corrected chi connectivity index (χ0v) is 19.4. The molecule has 1 aliphatic rings. The number of carbonyl (C=O) groups excluding carboxylic acids is 2. The van der Waals surface area contributed by atoms with Crippen LogP contribution in [0.15, 0.2) is 36.7 Å². The zero-order chi connectivity index (χ0) is 25.2. The number of hydrogen-bond donors (Lipinski definition) is 4. The van der Waals surface area contributed by atoms with E-state index in [2.05, 4.69) is 32.1 Å². The van der Waals surface area contributed by atoms with Crippen LogP contribution in [0.3, 0.4) is 0 Å². The topological polar surface area (TPSA) is 144 Å². The number of rotatable bonds is 7. The Hall–Kier alpha value is -4.04. The Morgan fingerprint density at radius 1 is 1.40 bits per heavy atom. The summed E-state index contributed by atoms with van der Waals surface area (Å²) in [5.74, 6) is -0.574. The van der Waals surface area contributed by atoms with Crippen molar-refractivity contribution in [2.45, 2.75) is 44.5 Å². The SMILES string of the molecule is CC(C)(O)[C@H](F)CNC(=O)c1cnc(-c2ccc3cc(C#N)cnn23)cc1NC1CCC(=O)NC1. The van der Waals surface area contributed by atoms with E-state index < -0.39 is 17.7 Å². The standard InChI is InChI=1S/C24H26FN7O3/c1-24(2,35)21(25)13-29-23(34)17-12-27-19(8-18(17)31-15-3-6-22(33)28-11-15)20-5-4-16-7-14(9-26)10-30-32(16)20/h4-5,7-8,10,12,15,21,35H,3,6,11,13H2,1-2H3,(H,27,31)(H,28,33)(H,29,34)/t15?,21-/m1/s1. The fraction of sp³-hybridized carbons (Fsp3) is 0.375. The largest absolute Gasteiger partial charge is 0.387 e. The van der Waals surface area contributed by atoms with E-state index in [9.17, 15) is 19.1 Å². The molecule has 35 heavy (non-hydrogen) atoms. The van der Waals surface area contributed by atoms with Crippen molar-refractivity contribution in [3.63, 3.8) is 0 Å². The normalized spacial score (nSPS) is 16.9. The predicted octanol–water partition coefficient (Wildman–Crippen LogP) is 1.80. The highest BCUT2D eigenvalue weighted by atomic mass is 19.1. The molecular weight excluding hydrogens is 453 g/mol. The maximum Gasteiger partial charge on any atom is 0.255 e. The quantitative estimate of drug-likeness (QED) is 0.404. The van der Waals surface area contributed by atoms with Gasteiger partial charge in [0.1, 0.15) is 12.2 Å². The summed E-state index contributed by atoms with van der Waals surface area (Å²) in [6.07, 6.45) is 2.15. The Labute approximate surface area is 201 Å². The molecule has 10 nitrogen and oxygen atoms in total. The van der Waals surface area contributed by atoms with Crippen LogP contribution in [0.2, 0.25) is 0 Å². The summed E-state index contributed by atoms with van der Waals surface area (Å²) < 4.78 is 15.8. The van der Waals surface area contributed by atoms with Crippen molar-refractivity contribution >= 4 is 23.0 Å². The molecule has 1 unspecified atom stereocenters. The van der Waals surface area contributed by atoms with E-state index in [-0.39, 0.29) is 24.1 Å². The second-order valence-electron chi connectivity index (χ2n) is 9.04. The van der Waals surface area contributed by atoms with Crippen molar-refractivity contribution in [1.82, 2.24) is 25.2 Å². The Morgan fingerprint density at radius 2 is 2.20 bits per heavy atom. The maximum atomic E-state index is 14.2. The third kappa shape index (κ3) is 5.38. The number of amides is 2. The van der Waals surface area contributed by atoms with Gasteiger partial charge in [-0.3, -0.25) is 14.6 Å². The van der Waals surface area contributed by atoms with Gasteiger partial charge in [0.25, 0.3) is 5.91 Å². The summed E-state index contributed by atoms with van der Waals surface area (Å²) in [5, 5.41) is 31.9. The number of aliphatic hydroxyl groups is 1. The first-order chi connectivity index (χ1) is 16.7. The Bertz CT molecular complexity index is 1300. The molecule has 11 heteroatoms. The van der Waals surface area contributed by atoms with Crippen molar-refractivity contribution < 1.29 is 19.1 Å². The number of pyridine rings is 1. The number of aromatic nitrogens is 3.